The summed E-state index contributed by atoms with van der Waals surface area (Å²) in [5.41, 5.74) is 4.45. The van der Waals surface area contributed by atoms with Crippen molar-refractivity contribution in [2.75, 3.05) is 0 Å². The molecule has 1 aromatic heterocycles. The molecule has 2 nitrogen and oxygen atoms in total. The Labute approximate surface area is 118 Å². The van der Waals surface area contributed by atoms with Crippen molar-refractivity contribution in [1.29, 1.82) is 5.26 Å². The van der Waals surface area contributed by atoms with E-state index in [2.05, 4.69) is 11.1 Å². The van der Waals surface area contributed by atoms with Crippen LogP contribution in [0.1, 0.15) is 5.69 Å². The van der Waals surface area contributed by atoms with E-state index < -0.39 is 0 Å². The van der Waals surface area contributed by atoms with Crippen LogP contribution in [0.2, 0.25) is 0 Å². The molecule has 0 bridgehead atoms. The fourth-order valence-corrected chi connectivity index (χ4v) is 2.18. The molecule has 0 saturated carbocycles. The van der Waals surface area contributed by atoms with Gasteiger partial charge in [-0.3, -0.25) is 0 Å². The number of nitrogens with zero attached hydrogens (tertiary/aromatic N) is 2. The summed E-state index contributed by atoms with van der Waals surface area (Å²) in [6.07, 6.45) is 1.75. The monoisotopic (exact) mass is 256 g/mol. The third-order valence-electron chi connectivity index (χ3n) is 3.19. The van der Waals surface area contributed by atoms with E-state index in [-0.39, 0.29) is 0 Å². The van der Waals surface area contributed by atoms with Gasteiger partial charge in [0.15, 0.2) is 0 Å². The first-order valence-corrected chi connectivity index (χ1v) is 6.39. The van der Waals surface area contributed by atoms with Gasteiger partial charge < -0.3 is 0 Å². The van der Waals surface area contributed by atoms with Crippen LogP contribution in [-0.4, -0.2) is 4.98 Å². The van der Waals surface area contributed by atoms with Gasteiger partial charge in [-0.05, 0) is 17.2 Å². The van der Waals surface area contributed by atoms with E-state index >= 15 is 0 Å². The molecule has 0 fully saturated rings. The predicted molar refractivity (Wildman–Crippen MR) is 79.8 cm³/mol. The quantitative estimate of drug-likeness (QED) is 0.686. The van der Waals surface area contributed by atoms with Crippen LogP contribution in [0.5, 0.6) is 0 Å². The van der Waals surface area contributed by atoms with Gasteiger partial charge in [0.05, 0.1) is 0 Å². The number of benzene rings is 2. The van der Waals surface area contributed by atoms with Crippen molar-refractivity contribution in [3.8, 4) is 28.3 Å². The zero-order chi connectivity index (χ0) is 13.8. The summed E-state index contributed by atoms with van der Waals surface area (Å²) in [5, 5.41) is 9.23. The maximum absolute atomic E-state index is 9.23. The molecule has 20 heavy (non-hydrogen) atoms. The van der Waals surface area contributed by atoms with Gasteiger partial charge in [-0.25, -0.2) is 4.98 Å². The molecule has 2 heteroatoms. The number of pyridine rings is 1. The smallest absolute Gasteiger partial charge is 0.148 e. The Bertz CT molecular complexity index is 756. The number of hydrogen-bond donors (Lipinski definition) is 0. The Morgan fingerprint density at radius 1 is 0.750 bits per heavy atom. The van der Waals surface area contributed by atoms with E-state index in [1.165, 1.54) is 0 Å². The van der Waals surface area contributed by atoms with Crippen molar-refractivity contribution in [2.24, 2.45) is 0 Å². The number of hydrogen-bond acceptors (Lipinski definition) is 2. The van der Waals surface area contributed by atoms with Crippen molar-refractivity contribution < 1.29 is 0 Å². The molecule has 0 unspecified atom stereocenters. The second-order valence-electron chi connectivity index (χ2n) is 4.46. The fraction of sp³-hybridized carbons (Fsp3) is 0. The number of nitriles is 1. The minimum Gasteiger partial charge on any atom is -0.244 e. The molecule has 0 N–H and O–H groups in total. The summed E-state index contributed by atoms with van der Waals surface area (Å²) in [6, 6.07) is 24.1. The topological polar surface area (TPSA) is 36.7 Å². The summed E-state index contributed by atoms with van der Waals surface area (Å²) in [7, 11) is 0. The zero-order valence-corrected chi connectivity index (χ0v) is 10.8. The largest absolute Gasteiger partial charge is 0.244 e. The molecule has 0 spiro atoms. The first-order valence-electron chi connectivity index (χ1n) is 6.39. The summed E-state index contributed by atoms with van der Waals surface area (Å²) < 4.78 is 0. The third-order valence-corrected chi connectivity index (χ3v) is 3.19. The normalized spacial score (nSPS) is 9.95. The highest BCUT2D eigenvalue weighted by atomic mass is 14.7. The molecule has 0 aliphatic heterocycles. The lowest BCUT2D eigenvalue weighted by Gasteiger charge is -2.07. The number of aromatic nitrogens is 1. The molecule has 0 aliphatic rings. The summed E-state index contributed by atoms with van der Waals surface area (Å²) in [4.78, 5) is 4.29. The van der Waals surface area contributed by atoms with E-state index in [9.17, 15) is 5.26 Å². The van der Waals surface area contributed by atoms with Crippen LogP contribution in [0.15, 0.2) is 72.9 Å². The van der Waals surface area contributed by atoms with Gasteiger partial charge in [0, 0.05) is 17.3 Å². The molecular weight excluding hydrogens is 244 g/mol. The van der Waals surface area contributed by atoms with Gasteiger partial charge in [0.25, 0.3) is 0 Å². The number of rotatable bonds is 2. The van der Waals surface area contributed by atoms with E-state index in [0.717, 1.165) is 22.3 Å². The maximum atomic E-state index is 9.23. The summed E-state index contributed by atoms with van der Waals surface area (Å²) in [6.45, 7) is 0. The fourth-order valence-electron chi connectivity index (χ4n) is 2.18. The molecule has 3 aromatic rings. The van der Waals surface area contributed by atoms with Crippen LogP contribution >= 0.6 is 0 Å². The summed E-state index contributed by atoms with van der Waals surface area (Å²) in [5.74, 6) is 0. The van der Waals surface area contributed by atoms with Crippen molar-refractivity contribution in [2.45, 2.75) is 0 Å². The molecule has 0 radical (unpaired) electrons. The molecule has 94 valence electrons. The Kier molecular flexibility index (Phi) is 3.26. The van der Waals surface area contributed by atoms with E-state index in [1.807, 2.05) is 66.7 Å². The van der Waals surface area contributed by atoms with Crippen LogP contribution in [0.25, 0.3) is 22.3 Å². The average molecular weight is 256 g/mol. The van der Waals surface area contributed by atoms with E-state index in [1.54, 1.807) is 6.20 Å². The molecule has 0 aliphatic carbocycles. The van der Waals surface area contributed by atoms with Crippen molar-refractivity contribution in [3.63, 3.8) is 0 Å². The van der Waals surface area contributed by atoms with Crippen LogP contribution in [0.3, 0.4) is 0 Å². The lowest BCUT2D eigenvalue weighted by Crippen LogP contribution is -1.90. The minimum absolute atomic E-state index is 0.455. The van der Waals surface area contributed by atoms with Crippen molar-refractivity contribution in [1.82, 2.24) is 4.98 Å². The van der Waals surface area contributed by atoms with Crippen LogP contribution in [0, 0.1) is 11.3 Å². The maximum Gasteiger partial charge on any atom is 0.148 e. The second-order valence-corrected chi connectivity index (χ2v) is 4.46. The Hall–Kier alpha value is -2.92. The van der Waals surface area contributed by atoms with Gasteiger partial charge in [-0.15, -0.1) is 0 Å². The van der Waals surface area contributed by atoms with Gasteiger partial charge in [0.1, 0.15) is 11.8 Å². The third kappa shape index (κ3) is 2.30. The molecule has 0 atom stereocenters. The van der Waals surface area contributed by atoms with Crippen LogP contribution in [-0.2, 0) is 0 Å². The van der Waals surface area contributed by atoms with Crippen molar-refractivity contribution >= 4 is 0 Å². The van der Waals surface area contributed by atoms with Gasteiger partial charge in [-0.2, -0.15) is 5.26 Å². The van der Waals surface area contributed by atoms with E-state index in [0.29, 0.717) is 5.69 Å². The molecule has 0 amide bonds. The highest BCUT2D eigenvalue weighted by molar-refractivity contribution is 5.75. The Morgan fingerprint density at radius 3 is 1.95 bits per heavy atom. The second kappa shape index (κ2) is 5.38. The van der Waals surface area contributed by atoms with Crippen LogP contribution in [0.4, 0.5) is 0 Å². The SMILES string of the molecule is N#Cc1ncc(-c2ccccc2)cc1-c1ccccc1. The van der Waals surface area contributed by atoms with Gasteiger partial charge in [0.2, 0.25) is 0 Å². The minimum atomic E-state index is 0.455. The average Bonchev–Trinajstić information content (AvgIpc) is 2.56. The first kappa shape index (κ1) is 12.1. The summed E-state index contributed by atoms with van der Waals surface area (Å²) >= 11 is 0. The molecular formula is C18H12N2. The van der Waals surface area contributed by atoms with Gasteiger partial charge in [-0.1, -0.05) is 60.7 Å². The van der Waals surface area contributed by atoms with Crippen LogP contribution < -0.4 is 0 Å². The molecule has 3 rings (SSSR count). The standard InChI is InChI=1S/C18H12N2/c19-12-18-17(15-9-5-2-6-10-15)11-16(13-20-18)14-7-3-1-4-8-14/h1-11,13H. The Balaban J connectivity index is 2.16. The predicted octanol–water partition coefficient (Wildman–Crippen LogP) is 4.29. The molecule has 1 heterocycles. The highest BCUT2D eigenvalue weighted by Gasteiger charge is 2.08. The zero-order valence-electron chi connectivity index (χ0n) is 10.8. The van der Waals surface area contributed by atoms with Crippen molar-refractivity contribution in [3.05, 3.63) is 78.6 Å². The lowest BCUT2D eigenvalue weighted by molar-refractivity contribution is 1.27. The highest BCUT2D eigenvalue weighted by Crippen LogP contribution is 2.27. The molecule has 2 aromatic carbocycles. The lowest BCUT2D eigenvalue weighted by atomic mass is 9.99. The Morgan fingerprint density at radius 2 is 1.35 bits per heavy atom. The first-order chi connectivity index (χ1) is 9.88. The van der Waals surface area contributed by atoms with Gasteiger partial charge >= 0.3 is 0 Å². The molecule has 0 saturated heterocycles. The van der Waals surface area contributed by atoms with E-state index in [4.69, 9.17) is 0 Å².